The number of benzene rings is 2. The molecule has 0 radical (unpaired) electrons. The summed E-state index contributed by atoms with van der Waals surface area (Å²) in [5, 5.41) is 17.5. The van der Waals surface area contributed by atoms with Crippen molar-refractivity contribution in [3.05, 3.63) is 75.8 Å². The number of nitro benzene ring substituents is 1. The molecule has 120 valence electrons. The van der Waals surface area contributed by atoms with Crippen LogP contribution in [0.3, 0.4) is 0 Å². The van der Waals surface area contributed by atoms with Gasteiger partial charge in [0.15, 0.2) is 0 Å². The molecule has 0 fully saturated rings. The Morgan fingerprint density at radius 1 is 1.25 bits per heavy atom. The van der Waals surface area contributed by atoms with Gasteiger partial charge in [-0.25, -0.2) is 9.67 Å². The third kappa shape index (κ3) is 3.08. The number of aromatic nitrogens is 3. The van der Waals surface area contributed by atoms with Crippen molar-refractivity contribution in [3.8, 4) is 5.69 Å². The number of halogens is 1. The van der Waals surface area contributed by atoms with Crippen LogP contribution < -0.4 is 5.32 Å². The van der Waals surface area contributed by atoms with E-state index < -0.39 is 10.8 Å². The van der Waals surface area contributed by atoms with Crippen LogP contribution in [0, 0.1) is 10.1 Å². The van der Waals surface area contributed by atoms with Crippen LogP contribution in [0.4, 0.5) is 11.4 Å². The van der Waals surface area contributed by atoms with Gasteiger partial charge in [-0.15, -0.1) is 0 Å². The standard InChI is InChI=1S/C15H10ClN5O3/c16-12-7-10(21(23)24)5-6-11(12)15(22)19-13-3-1-2-4-14(13)20-9-17-8-18-20/h1-9H,(H,19,22). The molecule has 0 aliphatic rings. The number of carbonyl (C=O) groups excluding carboxylic acids is 1. The van der Waals surface area contributed by atoms with Gasteiger partial charge < -0.3 is 5.32 Å². The molecular weight excluding hydrogens is 334 g/mol. The van der Waals surface area contributed by atoms with Gasteiger partial charge in [0.05, 0.1) is 26.9 Å². The molecule has 0 aliphatic carbocycles. The highest BCUT2D eigenvalue weighted by Gasteiger charge is 2.16. The van der Waals surface area contributed by atoms with E-state index >= 15 is 0 Å². The van der Waals surface area contributed by atoms with Crippen molar-refractivity contribution in [3.63, 3.8) is 0 Å². The SMILES string of the molecule is O=C(Nc1ccccc1-n1cncn1)c1ccc([N+](=O)[O-])cc1Cl. The first kappa shape index (κ1) is 15.6. The lowest BCUT2D eigenvalue weighted by molar-refractivity contribution is -0.384. The Balaban J connectivity index is 1.90. The molecule has 24 heavy (non-hydrogen) atoms. The predicted octanol–water partition coefficient (Wildman–Crippen LogP) is 3.08. The summed E-state index contributed by atoms with van der Waals surface area (Å²) >= 11 is 5.98. The molecule has 1 amide bonds. The van der Waals surface area contributed by atoms with Crippen molar-refractivity contribution in [1.29, 1.82) is 0 Å². The minimum absolute atomic E-state index is 0.0000584. The number of rotatable bonds is 4. The summed E-state index contributed by atoms with van der Waals surface area (Å²) in [5.74, 6) is -0.484. The average Bonchev–Trinajstić information content (AvgIpc) is 3.09. The van der Waals surface area contributed by atoms with Crippen LogP contribution in [0.1, 0.15) is 10.4 Å². The monoisotopic (exact) mass is 343 g/mol. The Bertz CT molecular complexity index is 911. The average molecular weight is 344 g/mol. The summed E-state index contributed by atoms with van der Waals surface area (Å²) in [6.07, 6.45) is 2.88. The maximum Gasteiger partial charge on any atom is 0.270 e. The molecule has 0 saturated carbocycles. The first-order valence-corrected chi connectivity index (χ1v) is 7.13. The van der Waals surface area contributed by atoms with Crippen molar-refractivity contribution >= 4 is 28.9 Å². The molecule has 1 heterocycles. The largest absolute Gasteiger partial charge is 0.320 e. The molecular formula is C15H10ClN5O3. The third-order valence-corrected chi connectivity index (χ3v) is 3.54. The molecule has 8 nitrogen and oxygen atoms in total. The Hall–Kier alpha value is -3.26. The molecule has 0 spiro atoms. The van der Waals surface area contributed by atoms with Gasteiger partial charge >= 0.3 is 0 Å². The van der Waals surface area contributed by atoms with E-state index in [-0.39, 0.29) is 16.3 Å². The fourth-order valence-electron chi connectivity index (χ4n) is 2.10. The second kappa shape index (κ2) is 6.47. The fourth-order valence-corrected chi connectivity index (χ4v) is 2.36. The molecule has 0 atom stereocenters. The molecule has 3 aromatic rings. The predicted molar refractivity (Wildman–Crippen MR) is 87.4 cm³/mol. The maximum absolute atomic E-state index is 12.4. The van der Waals surface area contributed by atoms with Crippen molar-refractivity contribution in [2.45, 2.75) is 0 Å². The molecule has 1 N–H and O–H groups in total. The zero-order chi connectivity index (χ0) is 17.1. The summed E-state index contributed by atoms with van der Waals surface area (Å²) in [6, 6.07) is 10.7. The minimum atomic E-state index is -0.576. The number of nitrogens with zero attached hydrogens (tertiary/aromatic N) is 4. The van der Waals surface area contributed by atoms with Crippen LogP contribution in [-0.4, -0.2) is 25.6 Å². The van der Waals surface area contributed by atoms with Crippen LogP contribution in [0.5, 0.6) is 0 Å². The van der Waals surface area contributed by atoms with Gasteiger partial charge in [0.2, 0.25) is 0 Å². The van der Waals surface area contributed by atoms with E-state index in [4.69, 9.17) is 11.6 Å². The van der Waals surface area contributed by atoms with Gasteiger partial charge in [0.25, 0.3) is 11.6 Å². The van der Waals surface area contributed by atoms with E-state index in [2.05, 4.69) is 15.4 Å². The molecule has 0 bridgehead atoms. The summed E-state index contributed by atoms with van der Waals surface area (Å²) in [6.45, 7) is 0. The molecule has 0 unspecified atom stereocenters. The molecule has 2 aromatic carbocycles. The minimum Gasteiger partial charge on any atom is -0.320 e. The summed E-state index contributed by atoms with van der Waals surface area (Å²) in [5.41, 5.74) is 1.08. The number of non-ortho nitro benzene ring substituents is 1. The van der Waals surface area contributed by atoms with E-state index in [0.717, 1.165) is 6.07 Å². The van der Waals surface area contributed by atoms with Crippen LogP contribution in [0.25, 0.3) is 5.69 Å². The number of hydrogen-bond acceptors (Lipinski definition) is 5. The fraction of sp³-hybridized carbons (Fsp3) is 0. The molecule has 3 rings (SSSR count). The Labute approximate surface area is 140 Å². The number of para-hydroxylation sites is 2. The smallest absolute Gasteiger partial charge is 0.270 e. The van der Waals surface area contributed by atoms with Gasteiger partial charge in [-0.2, -0.15) is 5.10 Å². The number of amides is 1. The highest BCUT2D eigenvalue weighted by molar-refractivity contribution is 6.34. The van der Waals surface area contributed by atoms with E-state index in [1.165, 1.54) is 29.5 Å². The number of hydrogen-bond donors (Lipinski definition) is 1. The van der Waals surface area contributed by atoms with Crippen LogP contribution in [0.15, 0.2) is 55.1 Å². The van der Waals surface area contributed by atoms with E-state index in [1.807, 2.05) is 0 Å². The summed E-state index contributed by atoms with van der Waals surface area (Å²) < 4.78 is 1.51. The molecule has 1 aromatic heterocycles. The second-order valence-corrected chi connectivity index (χ2v) is 5.14. The lowest BCUT2D eigenvalue weighted by Gasteiger charge is -2.11. The van der Waals surface area contributed by atoms with Crippen molar-refractivity contribution in [2.75, 3.05) is 5.32 Å². The van der Waals surface area contributed by atoms with Gasteiger partial charge in [-0.1, -0.05) is 23.7 Å². The van der Waals surface area contributed by atoms with Gasteiger partial charge in [-0.3, -0.25) is 14.9 Å². The molecule has 9 heteroatoms. The molecule has 0 saturated heterocycles. The number of nitro groups is 1. The summed E-state index contributed by atoms with van der Waals surface area (Å²) in [7, 11) is 0. The highest BCUT2D eigenvalue weighted by atomic mass is 35.5. The quantitative estimate of drug-likeness (QED) is 0.579. The first-order valence-electron chi connectivity index (χ1n) is 6.75. The Kier molecular flexibility index (Phi) is 4.21. The van der Waals surface area contributed by atoms with E-state index in [1.54, 1.807) is 24.3 Å². The number of anilines is 1. The summed E-state index contributed by atoms with van der Waals surface area (Å²) in [4.78, 5) is 26.5. The topological polar surface area (TPSA) is 103 Å². The maximum atomic E-state index is 12.4. The van der Waals surface area contributed by atoms with Gasteiger partial charge in [0, 0.05) is 12.1 Å². The Morgan fingerprint density at radius 2 is 2.04 bits per heavy atom. The normalized spacial score (nSPS) is 10.4. The number of nitrogens with one attached hydrogen (secondary N) is 1. The van der Waals surface area contributed by atoms with Crippen LogP contribution in [-0.2, 0) is 0 Å². The van der Waals surface area contributed by atoms with Crippen molar-refractivity contribution in [1.82, 2.24) is 14.8 Å². The van der Waals surface area contributed by atoms with Gasteiger partial charge in [0.1, 0.15) is 12.7 Å². The van der Waals surface area contributed by atoms with E-state index in [9.17, 15) is 14.9 Å². The van der Waals surface area contributed by atoms with E-state index in [0.29, 0.717) is 11.4 Å². The second-order valence-electron chi connectivity index (χ2n) is 4.73. The van der Waals surface area contributed by atoms with Crippen molar-refractivity contribution < 1.29 is 9.72 Å². The third-order valence-electron chi connectivity index (χ3n) is 3.23. The lowest BCUT2D eigenvalue weighted by atomic mass is 10.2. The van der Waals surface area contributed by atoms with Crippen LogP contribution >= 0.6 is 11.6 Å². The number of carbonyl (C=O) groups is 1. The molecule has 0 aliphatic heterocycles. The zero-order valence-corrected chi connectivity index (χ0v) is 12.8. The highest BCUT2D eigenvalue weighted by Crippen LogP contribution is 2.25. The first-order chi connectivity index (χ1) is 11.6. The van der Waals surface area contributed by atoms with Crippen LogP contribution in [0.2, 0.25) is 5.02 Å². The van der Waals surface area contributed by atoms with Crippen molar-refractivity contribution in [2.24, 2.45) is 0 Å². The Morgan fingerprint density at radius 3 is 2.71 bits per heavy atom. The zero-order valence-electron chi connectivity index (χ0n) is 12.1. The lowest BCUT2D eigenvalue weighted by Crippen LogP contribution is -2.14. The van der Waals surface area contributed by atoms with Gasteiger partial charge in [-0.05, 0) is 18.2 Å².